The molecule has 7 heteroatoms. The zero-order valence-electron chi connectivity index (χ0n) is 17.4. The Balaban J connectivity index is 2.15. The maximum atomic E-state index is 13.0. The van der Waals surface area contributed by atoms with Crippen LogP contribution in [0.1, 0.15) is 55.2 Å². The third-order valence-corrected chi connectivity index (χ3v) is 6.60. The van der Waals surface area contributed by atoms with Gasteiger partial charge in [0, 0.05) is 17.0 Å². The predicted molar refractivity (Wildman–Crippen MR) is 120 cm³/mol. The van der Waals surface area contributed by atoms with Gasteiger partial charge in [0.2, 0.25) is 0 Å². The average Bonchev–Trinajstić information content (AvgIpc) is 3.25. The molecule has 5 nitrogen and oxygen atoms in total. The first-order valence-electron chi connectivity index (χ1n) is 10.2. The van der Waals surface area contributed by atoms with Crippen LogP contribution in [0.4, 0.5) is 0 Å². The number of hydrogen-bond donors (Lipinski definition) is 1. The molecule has 0 bridgehead atoms. The fourth-order valence-electron chi connectivity index (χ4n) is 3.67. The number of aryl methyl sites for hydroxylation is 1. The number of amides is 1. The van der Waals surface area contributed by atoms with E-state index in [2.05, 4.69) is 6.92 Å². The second-order valence-corrected chi connectivity index (χ2v) is 8.60. The summed E-state index contributed by atoms with van der Waals surface area (Å²) in [5.74, 6) is -0.998. The van der Waals surface area contributed by atoms with Crippen LogP contribution >= 0.6 is 22.9 Å². The van der Waals surface area contributed by atoms with Gasteiger partial charge in [0.15, 0.2) is 0 Å². The van der Waals surface area contributed by atoms with Crippen LogP contribution in [0.5, 0.6) is 5.75 Å². The zero-order valence-corrected chi connectivity index (χ0v) is 19.0. The number of aliphatic hydroxyl groups excluding tert-OH is 1. The summed E-state index contributed by atoms with van der Waals surface area (Å²) in [6.45, 7) is 6.81. The summed E-state index contributed by atoms with van der Waals surface area (Å²) in [5, 5.41) is 13.4. The van der Waals surface area contributed by atoms with E-state index in [1.54, 1.807) is 23.1 Å². The Morgan fingerprint density at radius 3 is 2.63 bits per heavy atom. The second kappa shape index (κ2) is 9.67. The maximum Gasteiger partial charge on any atom is 0.295 e. The lowest BCUT2D eigenvalue weighted by molar-refractivity contribution is -0.139. The summed E-state index contributed by atoms with van der Waals surface area (Å²) >= 11 is 7.82. The van der Waals surface area contributed by atoms with Crippen LogP contribution in [-0.4, -0.2) is 34.8 Å². The molecule has 0 radical (unpaired) electrons. The number of halogens is 1. The topological polar surface area (TPSA) is 66.8 Å². The first kappa shape index (κ1) is 22.4. The maximum absolute atomic E-state index is 13.0. The molecule has 0 spiro atoms. The number of benzene rings is 1. The number of Topliss-reactive ketones (excluding diaryl/α,β-unsaturated/α-hetero) is 1. The summed E-state index contributed by atoms with van der Waals surface area (Å²) in [6, 6.07) is 6.25. The van der Waals surface area contributed by atoms with Crippen LogP contribution in [0.15, 0.2) is 35.2 Å². The summed E-state index contributed by atoms with van der Waals surface area (Å²) < 4.78 is 5.51. The van der Waals surface area contributed by atoms with Crippen LogP contribution in [0, 0.1) is 6.92 Å². The molecule has 1 amide bonds. The number of thiophene rings is 1. The molecule has 1 unspecified atom stereocenters. The van der Waals surface area contributed by atoms with Crippen LogP contribution < -0.4 is 4.74 Å². The highest BCUT2D eigenvalue weighted by atomic mass is 35.5. The number of rotatable bonds is 8. The lowest BCUT2D eigenvalue weighted by atomic mass is 9.98. The Bertz CT molecular complexity index is 981. The molecule has 0 saturated carbocycles. The number of aliphatic hydroxyl groups is 1. The number of nitrogens with zero attached hydrogens (tertiary/aromatic N) is 1. The largest absolute Gasteiger partial charge is 0.507 e. The highest BCUT2D eigenvalue weighted by Gasteiger charge is 2.46. The lowest BCUT2D eigenvalue weighted by Crippen LogP contribution is -2.30. The van der Waals surface area contributed by atoms with Gasteiger partial charge in [0.05, 0.1) is 23.2 Å². The molecule has 2 aromatic rings. The van der Waals surface area contributed by atoms with Gasteiger partial charge < -0.3 is 14.7 Å². The Kier molecular flexibility index (Phi) is 7.21. The Morgan fingerprint density at radius 2 is 2.00 bits per heavy atom. The van der Waals surface area contributed by atoms with Crippen LogP contribution in [-0.2, 0) is 9.59 Å². The van der Waals surface area contributed by atoms with E-state index >= 15 is 0 Å². The standard InChI is InChI=1S/C23H26ClNO4S/c1-4-6-7-11-25-19(22-14(3)10-12-30-22)18(21(27)23(25)28)20(26)16-13-15(29-5-2)8-9-17(16)24/h8-10,12-13,19,26H,4-7,11H2,1-3H3/b20-18+. The van der Waals surface area contributed by atoms with E-state index in [4.69, 9.17) is 16.3 Å². The Labute approximate surface area is 185 Å². The normalized spacial score (nSPS) is 18.3. The zero-order chi connectivity index (χ0) is 21.8. The van der Waals surface area contributed by atoms with Crippen LogP contribution in [0.3, 0.4) is 0 Å². The van der Waals surface area contributed by atoms with Gasteiger partial charge in [-0.25, -0.2) is 0 Å². The van der Waals surface area contributed by atoms with E-state index in [1.807, 2.05) is 25.3 Å². The van der Waals surface area contributed by atoms with Crippen LogP contribution in [0.2, 0.25) is 5.02 Å². The smallest absolute Gasteiger partial charge is 0.295 e. The number of carbonyl (C=O) groups excluding carboxylic acids is 2. The molecule has 1 N–H and O–H groups in total. The molecule has 1 aromatic carbocycles. The predicted octanol–water partition coefficient (Wildman–Crippen LogP) is 5.72. The Morgan fingerprint density at radius 1 is 1.23 bits per heavy atom. The first-order chi connectivity index (χ1) is 14.4. The van der Waals surface area contributed by atoms with Crippen molar-refractivity contribution in [2.45, 2.75) is 46.1 Å². The van der Waals surface area contributed by atoms with Crippen molar-refractivity contribution in [1.29, 1.82) is 0 Å². The van der Waals surface area contributed by atoms with E-state index in [9.17, 15) is 14.7 Å². The van der Waals surface area contributed by atoms with Crippen LogP contribution in [0.25, 0.3) is 5.76 Å². The number of ketones is 1. The van der Waals surface area contributed by atoms with Crippen molar-refractivity contribution >= 4 is 40.4 Å². The van der Waals surface area contributed by atoms with Crippen molar-refractivity contribution in [3.05, 3.63) is 56.2 Å². The highest BCUT2D eigenvalue weighted by Crippen LogP contribution is 2.43. The minimum absolute atomic E-state index is 0.0811. The monoisotopic (exact) mass is 447 g/mol. The number of ether oxygens (including phenoxy) is 1. The molecule has 1 aliphatic rings. The van der Waals surface area contributed by atoms with Gasteiger partial charge in [-0.3, -0.25) is 9.59 Å². The first-order valence-corrected chi connectivity index (χ1v) is 11.4. The molecule has 1 aromatic heterocycles. The fraction of sp³-hybridized carbons (Fsp3) is 0.391. The number of likely N-dealkylation sites (tertiary alicyclic amines) is 1. The molecule has 1 fully saturated rings. The molecule has 1 aliphatic heterocycles. The van der Waals surface area contributed by atoms with Gasteiger partial charge in [-0.15, -0.1) is 11.3 Å². The van der Waals surface area contributed by atoms with E-state index in [0.29, 0.717) is 18.9 Å². The summed E-state index contributed by atoms with van der Waals surface area (Å²) in [4.78, 5) is 28.4. The van der Waals surface area contributed by atoms with Gasteiger partial charge in [-0.05, 0) is 55.5 Å². The van der Waals surface area contributed by atoms with E-state index in [0.717, 1.165) is 29.7 Å². The summed E-state index contributed by atoms with van der Waals surface area (Å²) in [6.07, 6.45) is 2.76. The van der Waals surface area contributed by atoms with Gasteiger partial charge in [-0.2, -0.15) is 0 Å². The summed E-state index contributed by atoms with van der Waals surface area (Å²) in [7, 11) is 0. The molecule has 30 heavy (non-hydrogen) atoms. The van der Waals surface area contributed by atoms with Crippen molar-refractivity contribution in [2.75, 3.05) is 13.2 Å². The van der Waals surface area contributed by atoms with Gasteiger partial charge in [-0.1, -0.05) is 31.4 Å². The highest BCUT2D eigenvalue weighted by molar-refractivity contribution is 7.10. The minimum Gasteiger partial charge on any atom is -0.507 e. The number of hydrogen-bond acceptors (Lipinski definition) is 5. The van der Waals surface area contributed by atoms with E-state index < -0.39 is 17.7 Å². The molecule has 1 saturated heterocycles. The quantitative estimate of drug-likeness (QED) is 0.243. The molecule has 3 rings (SSSR count). The molecule has 0 aliphatic carbocycles. The lowest BCUT2D eigenvalue weighted by Gasteiger charge is -2.25. The average molecular weight is 448 g/mol. The van der Waals surface area contributed by atoms with E-state index in [-0.39, 0.29) is 21.9 Å². The van der Waals surface area contributed by atoms with Crippen molar-refractivity contribution in [3.8, 4) is 5.75 Å². The molecular weight excluding hydrogens is 422 g/mol. The van der Waals surface area contributed by atoms with Crippen molar-refractivity contribution in [2.24, 2.45) is 0 Å². The van der Waals surface area contributed by atoms with Gasteiger partial charge in [0.25, 0.3) is 11.7 Å². The van der Waals surface area contributed by atoms with E-state index in [1.165, 1.54) is 11.3 Å². The van der Waals surface area contributed by atoms with Crippen molar-refractivity contribution < 1.29 is 19.4 Å². The molecule has 160 valence electrons. The fourth-order valence-corrected chi connectivity index (χ4v) is 4.92. The van der Waals surface area contributed by atoms with Gasteiger partial charge >= 0.3 is 0 Å². The SMILES string of the molecule is CCCCCN1C(=O)C(=O)/C(=C(/O)c2cc(OCC)ccc2Cl)C1c1sccc1C. The second-order valence-electron chi connectivity index (χ2n) is 7.24. The third-order valence-electron chi connectivity index (χ3n) is 5.20. The van der Waals surface area contributed by atoms with Crippen molar-refractivity contribution in [3.63, 3.8) is 0 Å². The summed E-state index contributed by atoms with van der Waals surface area (Å²) in [5.41, 5.74) is 1.35. The number of unbranched alkanes of at least 4 members (excludes halogenated alkanes) is 2. The number of carbonyl (C=O) groups is 2. The van der Waals surface area contributed by atoms with Crippen molar-refractivity contribution in [1.82, 2.24) is 4.90 Å². The molecular formula is C23H26ClNO4S. The van der Waals surface area contributed by atoms with Gasteiger partial charge in [0.1, 0.15) is 11.5 Å². The Hall–Kier alpha value is -2.31. The minimum atomic E-state index is -0.681. The molecule has 1 atom stereocenters. The third kappa shape index (κ3) is 4.25. The molecule has 2 heterocycles.